The van der Waals surface area contributed by atoms with E-state index in [1.165, 1.54) is 24.2 Å². The average Bonchev–Trinajstić information content (AvgIpc) is 3.04. The van der Waals surface area contributed by atoms with Crippen molar-refractivity contribution < 1.29 is 4.74 Å². The van der Waals surface area contributed by atoms with E-state index >= 15 is 0 Å². The Kier molecular flexibility index (Phi) is 11.6. The van der Waals surface area contributed by atoms with Crippen LogP contribution in [0.25, 0.3) is 0 Å². The Hall–Kier alpha value is -0.470. The molecule has 1 aromatic rings. The summed E-state index contributed by atoms with van der Waals surface area (Å²) in [6.45, 7) is 5.77. The molecule has 142 valence electrons. The molecule has 1 atom stereocenters. The van der Waals surface area contributed by atoms with Crippen LogP contribution in [0.4, 0.5) is 0 Å². The van der Waals surface area contributed by atoms with Crippen LogP contribution in [0.2, 0.25) is 0 Å². The number of rotatable bonds is 9. The highest BCUT2D eigenvalue weighted by atomic mass is 127. The zero-order valence-electron chi connectivity index (χ0n) is 15.4. The van der Waals surface area contributed by atoms with Gasteiger partial charge in [0.2, 0.25) is 0 Å². The van der Waals surface area contributed by atoms with Gasteiger partial charge in [0.05, 0.1) is 6.61 Å². The number of nitrogens with one attached hydrogen (secondary N) is 2. The minimum Gasteiger partial charge on any atom is -0.381 e. The molecule has 4 nitrogen and oxygen atoms in total. The molecule has 1 saturated heterocycles. The van der Waals surface area contributed by atoms with Crippen molar-refractivity contribution in [2.75, 3.05) is 39.1 Å². The Morgan fingerprint density at radius 1 is 1.24 bits per heavy atom. The standard InChI is InChI=1S/C19H31N3OS.HI/c1-19(11-6-15-24-19)16-22-18(20-2)21-12-7-13-23-14-10-17-8-4-3-5-9-17;/h3-5,8-9H,6-7,10-16H2,1-2H3,(H2,20,21,22);1H. The fraction of sp³-hybridized carbons (Fsp3) is 0.632. The van der Waals surface area contributed by atoms with Crippen molar-refractivity contribution in [3.63, 3.8) is 0 Å². The summed E-state index contributed by atoms with van der Waals surface area (Å²) < 4.78 is 6.07. The van der Waals surface area contributed by atoms with E-state index in [9.17, 15) is 0 Å². The summed E-state index contributed by atoms with van der Waals surface area (Å²) in [7, 11) is 1.83. The molecule has 1 aromatic carbocycles. The summed E-state index contributed by atoms with van der Waals surface area (Å²) in [6, 6.07) is 10.5. The van der Waals surface area contributed by atoms with Crippen LogP contribution in [0.3, 0.4) is 0 Å². The van der Waals surface area contributed by atoms with Crippen LogP contribution in [-0.2, 0) is 11.2 Å². The summed E-state index contributed by atoms with van der Waals surface area (Å²) in [4.78, 5) is 4.30. The van der Waals surface area contributed by atoms with E-state index in [2.05, 4.69) is 58.6 Å². The molecule has 0 bridgehead atoms. The number of hydrogen-bond acceptors (Lipinski definition) is 3. The quantitative estimate of drug-likeness (QED) is 0.247. The SMILES string of the molecule is CN=C(NCCCOCCc1ccccc1)NCC1(C)CCCS1.I. The summed E-state index contributed by atoms with van der Waals surface area (Å²) in [5.41, 5.74) is 1.33. The Labute approximate surface area is 174 Å². The molecule has 1 aliphatic heterocycles. The maximum absolute atomic E-state index is 5.71. The number of benzene rings is 1. The van der Waals surface area contributed by atoms with E-state index in [4.69, 9.17) is 4.74 Å². The van der Waals surface area contributed by atoms with Gasteiger partial charge in [-0.2, -0.15) is 11.8 Å². The van der Waals surface area contributed by atoms with Crippen LogP contribution >= 0.6 is 35.7 Å². The molecule has 0 spiro atoms. The normalized spacial score (nSPS) is 20.2. The second-order valence-electron chi connectivity index (χ2n) is 6.46. The highest BCUT2D eigenvalue weighted by Crippen LogP contribution is 2.36. The highest BCUT2D eigenvalue weighted by molar-refractivity contribution is 14.0. The molecule has 0 radical (unpaired) electrons. The topological polar surface area (TPSA) is 45.7 Å². The molecule has 1 aliphatic rings. The Morgan fingerprint density at radius 2 is 2.04 bits per heavy atom. The zero-order chi connectivity index (χ0) is 17.1. The first kappa shape index (κ1) is 22.6. The van der Waals surface area contributed by atoms with Gasteiger partial charge in [-0.1, -0.05) is 30.3 Å². The van der Waals surface area contributed by atoms with E-state index in [1.807, 2.05) is 13.1 Å². The van der Waals surface area contributed by atoms with E-state index in [1.54, 1.807) is 0 Å². The van der Waals surface area contributed by atoms with Gasteiger partial charge in [0.1, 0.15) is 0 Å². The van der Waals surface area contributed by atoms with E-state index in [-0.39, 0.29) is 24.0 Å². The van der Waals surface area contributed by atoms with Gasteiger partial charge in [-0.05, 0) is 43.9 Å². The van der Waals surface area contributed by atoms with Crippen molar-refractivity contribution in [3.8, 4) is 0 Å². The number of nitrogens with zero attached hydrogens (tertiary/aromatic N) is 1. The van der Waals surface area contributed by atoms with Gasteiger partial charge in [0, 0.05) is 31.5 Å². The zero-order valence-corrected chi connectivity index (χ0v) is 18.6. The largest absolute Gasteiger partial charge is 0.381 e. The number of ether oxygens (including phenoxy) is 1. The molecule has 6 heteroatoms. The van der Waals surface area contributed by atoms with Crippen LogP contribution in [0.1, 0.15) is 31.7 Å². The van der Waals surface area contributed by atoms with E-state index in [0.717, 1.165) is 45.1 Å². The third-order valence-corrected chi connectivity index (χ3v) is 5.83. The summed E-state index contributed by atoms with van der Waals surface area (Å²) >= 11 is 2.07. The fourth-order valence-electron chi connectivity index (χ4n) is 2.79. The van der Waals surface area contributed by atoms with Crippen LogP contribution in [-0.4, -0.2) is 49.8 Å². The van der Waals surface area contributed by atoms with Crippen LogP contribution in [0, 0.1) is 0 Å². The Bertz CT molecular complexity index is 493. The molecular formula is C19H32IN3OS. The average molecular weight is 477 g/mol. The molecule has 0 aliphatic carbocycles. The number of halogens is 1. The molecular weight excluding hydrogens is 445 g/mol. The second kappa shape index (κ2) is 12.8. The van der Waals surface area contributed by atoms with E-state index < -0.39 is 0 Å². The van der Waals surface area contributed by atoms with Crippen LogP contribution in [0.5, 0.6) is 0 Å². The van der Waals surface area contributed by atoms with Crippen LogP contribution < -0.4 is 10.6 Å². The van der Waals surface area contributed by atoms with Crippen LogP contribution in [0.15, 0.2) is 35.3 Å². The minimum absolute atomic E-state index is 0. The van der Waals surface area contributed by atoms with Crippen molar-refractivity contribution in [2.24, 2.45) is 4.99 Å². The van der Waals surface area contributed by atoms with Gasteiger partial charge in [-0.15, -0.1) is 24.0 Å². The van der Waals surface area contributed by atoms with Crippen molar-refractivity contribution in [1.82, 2.24) is 10.6 Å². The summed E-state index contributed by atoms with van der Waals surface area (Å²) in [5, 5.41) is 6.82. The maximum atomic E-state index is 5.71. The van der Waals surface area contributed by atoms with Gasteiger partial charge in [-0.25, -0.2) is 0 Å². The third-order valence-electron chi connectivity index (χ3n) is 4.29. The van der Waals surface area contributed by atoms with E-state index in [0.29, 0.717) is 4.75 Å². The maximum Gasteiger partial charge on any atom is 0.191 e. The lowest BCUT2D eigenvalue weighted by molar-refractivity contribution is 0.135. The van der Waals surface area contributed by atoms with Crippen molar-refractivity contribution >= 4 is 41.7 Å². The number of hydrogen-bond donors (Lipinski definition) is 2. The van der Waals surface area contributed by atoms with Crippen molar-refractivity contribution in [3.05, 3.63) is 35.9 Å². The molecule has 2 rings (SSSR count). The first-order valence-corrected chi connectivity index (χ1v) is 9.91. The van der Waals surface area contributed by atoms with Gasteiger partial charge < -0.3 is 15.4 Å². The van der Waals surface area contributed by atoms with Gasteiger partial charge in [0.25, 0.3) is 0 Å². The molecule has 1 unspecified atom stereocenters. The molecule has 0 amide bonds. The Balaban J connectivity index is 0.00000312. The number of aliphatic imine (C=N–C) groups is 1. The number of thioether (sulfide) groups is 1. The van der Waals surface area contributed by atoms with Gasteiger partial charge in [0.15, 0.2) is 5.96 Å². The van der Waals surface area contributed by atoms with Gasteiger partial charge >= 0.3 is 0 Å². The Morgan fingerprint density at radius 3 is 2.72 bits per heavy atom. The smallest absolute Gasteiger partial charge is 0.191 e. The molecule has 1 fully saturated rings. The minimum atomic E-state index is 0. The lowest BCUT2D eigenvalue weighted by atomic mass is 10.1. The summed E-state index contributed by atoms with van der Waals surface area (Å²) in [6.07, 6.45) is 4.58. The molecule has 0 aromatic heterocycles. The van der Waals surface area contributed by atoms with Crippen molar-refractivity contribution in [1.29, 1.82) is 0 Å². The number of guanidine groups is 1. The highest BCUT2D eigenvalue weighted by Gasteiger charge is 2.29. The third kappa shape index (κ3) is 9.15. The van der Waals surface area contributed by atoms with Crippen molar-refractivity contribution in [2.45, 2.75) is 37.4 Å². The summed E-state index contributed by atoms with van der Waals surface area (Å²) in [5.74, 6) is 2.18. The lowest BCUT2D eigenvalue weighted by Crippen LogP contribution is -2.44. The fourth-order valence-corrected chi connectivity index (χ4v) is 4.03. The molecule has 0 saturated carbocycles. The first-order chi connectivity index (χ1) is 11.7. The first-order valence-electron chi connectivity index (χ1n) is 8.92. The lowest BCUT2D eigenvalue weighted by Gasteiger charge is -2.24. The predicted molar refractivity (Wildman–Crippen MR) is 120 cm³/mol. The predicted octanol–water partition coefficient (Wildman–Crippen LogP) is 3.70. The molecule has 25 heavy (non-hydrogen) atoms. The van der Waals surface area contributed by atoms with Gasteiger partial charge in [-0.3, -0.25) is 4.99 Å². The molecule has 2 N–H and O–H groups in total. The second-order valence-corrected chi connectivity index (χ2v) is 8.14. The molecule has 1 heterocycles. The monoisotopic (exact) mass is 477 g/mol.